The molecule has 180 valence electrons. The maximum atomic E-state index is 12.7. The van der Waals surface area contributed by atoms with E-state index in [9.17, 15) is 9.59 Å². The Morgan fingerprint density at radius 3 is 2.24 bits per heavy atom. The Hall–Kier alpha value is -2.82. The van der Waals surface area contributed by atoms with E-state index in [4.69, 9.17) is 4.74 Å². The summed E-state index contributed by atoms with van der Waals surface area (Å²) < 4.78 is 5.91. The van der Waals surface area contributed by atoms with Crippen LogP contribution in [0.1, 0.15) is 70.5 Å². The van der Waals surface area contributed by atoms with Crippen LogP contribution in [0, 0.1) is 11.8 Å². The first-order valence-corrected chi connectivity index (χ1v) is 12.2. The number of amides is 2. The third-order valence-corrected chi connectivity index (χ3v) is 5.59. The monoisotopic (exact) mass is 452 g/mol. The van der Waals surface area contributed by atoms with Crippen molar-refractivity contribution >= 4 is 11.8 Å². The molecule has 0 fully saturated rings. The van der Waals surface area contributed by atoms with Gasteiger partial charge in [-0.15, -0.1) is 0 Å². The van der Waals surface area contributed by atoms with Crippen molar-refractivity contribution in [1.29, 1.82) is 0 Å². The Morgan fingerprint density at radius 1 is 0.909 bits per heavy atom. The maximum Gasteiger partial charge on any atom is 0.224 e. The lowest BCUT2D eigenvalue weighted by atomic mass is 10.0. The van der Waals surface area contributed by atoms with Crippen LogP contribution in [0.2, 0.25) is 0 Å². The third kappa shape index (κ3) is 10.6. The molecule has 2 atom stereocenters. The van der Waals surface area contributed by atoms with Gasteiger partial charge in [-0.3, -0.25) is 9.59 Å². The topological polar surface area (TPSA) is 67.4 Å². The highest BCUT2D eigenvalue weighted by atomic mass is 16.5. The summed E-state index contributed by atoms with van der Waals surface area (Å²) in [5.74, 6) is 1.75. The summed E-state index contributed by atoms with van der Waals surface area (Å²) in [5, 5.41) is 6.08. The molecule has 5 nitrogen and oxygen atoms in total. The molecule has 0 aliphatic rings. The zero-order chi connectivity index (χ0) is 24.1. The van der Waals surface area contributed by atoms with E-state index < -0.39 is 0 Å². The lowest BCUT2D eigenvalue weighted by Gasteiger charge is -2.21. The first-order chi connectivity index (χ1) is 15.9. The molecule has 0 heterocycles. The van der Waals surface area contributed by atoms with E-state index in [0.717, 1.165) is 36.1 Å². The molecule has 0 saturated carbocycles. The summed E-state index contributed by atoms with van der Waals surface area (Å²) in [5.41, 5.74) is 1.90. The number of ether oxygens (including phenoxy) is 1. The van der Waals surface area contributed by atoms with Gasteiger partial charge in [0.1, 0.15) is 5.75 Å². The molecule has 0 saturated heterocycles. The third-order valence-electron chi connectivity index (χ3n) is 5.59. The Bertz CT molecular complexity index is 834. The number of benzene rings is 2. The van der Waals surface area contributed by atoms with Gasteiger partial charge in [0, 0.05) is 13.0 Å². The molecular weight excluding hydrogens is 412 g/mol. The van der Waals surface area contributed by atoms with Gasteiger partial charge in [-0.1, -0.05) is 76.6 Å². The summed E-state index contributed by atoms with van der Waals surface area (Å²) in [4.78, 5) is 25.0. The average Bonchev–Trinajstić information content (AvgIpc) is 2.80. The fourth-order valence-corrected chi connectivity index (χ4v) is 3.61. The highest BCUT2D eigenvalue weighted by Gasteiger charge is 2.17. The molecular formula is C28H40N2O3. The van der Waals surface area contributed by atoms with Gasteiger partial charge in [0.25, 0.3) is 0 Å². The average molecular weight is 453 g/mol. The van der Waals surface area contributed by atoms with Crippen molar-refractivity contribution in [2.75, 3.05) is 13.2 Å². The first-order valence-electron chi connectivity index (χ1n) is 12.2. The van der Waals surface area contributed by atoms with E-state index in [0.29, 0.717) is 37.8 Å². The van der Waals surface area contributed by atoms with Crippen LogP contribution in [0.5, 0.6) is 5.75 Å². The summed E-state index contributed by atoms with van der Waals surface area (Å²) >= 11 is 0. The van der Waals surface area contributed by atoms with Gasteiger partial charge in [-0.2, -0.15) is 0 Å². The molecule has 1 unspecified atom stereocenters. The number of rotatable bonds is 14. The van der Waals surface area contributed by atoms with Gasteiger partial charge in [0.05, 0.1) is 19.1 Å². The summed E-state index contributed by atoms with van der Waals surface area (Å²) in [6.07, 6.45) is 3.93. The Kier molecular flexibility index (Phi) is 11.5. The largest absolute Gasteiger partial charge is 0.493 e. The van der Waals surface area contributed by atoms with Crippen LogP contribution in [0.25, 0.3) is 0 Å². The molecule has 2 amide bonds. The molecule has 0 aliphatic heterocycles. The van der Waals surface area contributed by atoms with Gasteiger partial charge in [0.2, 0.25) is 11.8 Å². The molecule has 2 N–H and O–H groups in total. The second kappa shape index (κ2) is 14.4. The zero-order valence-corrected chi connectivity index (χ0v) is 20.6. The zero-order valence-electron chi connectivity index (χ0n) is 20.6. The van der Waals surface area contributed by atoms with Crippen LogP contribution in [0.15, 0.2) is 54.6 Å². The summed E-state index contributed by atoms with van der Waals surface area (Å²) in [7, 11) is 0. The minimum absolute atomic E-state index is 0.0101. The molecule has 2 aromatic rings. The van der Waals surface area contributed by atoms with Crippen molar-refractivity contribution in [3.63, 3.8) is 0 Å². The standard InChI is InChI=1S/C28H40N2O3/c1-5-9-22(4)20-33-25-15-13-24(14-16-25)26(19-29-27(31)17-12-21(2)3)30-28(32)18-23-10-7-6-8-11-23/h6-8,10-11,13-16,21-22,26H,5,9,12,17-20H2,1-4H3,(H,29,31)(H,30,32)/t22?,26-/m0/s1. The number of nitrogens with one attached hydrogen (secondary N) is 2. The van der Waals surface area contributed by atoms with Crippen molar-refractivity contribution in [2.24, 2.45) is 11.8 Å². The second-order valence-corrected chi connectivity index (χ2v) is 9.29. The van der Waals surface area contributed by atoms with Crippen LogP contribution in [-0.2, 0) is 16.0 Å². The van der Waals surface area contributed by atoms with Gasteiger partial charge in [-0.25, -0.2) is 0 Å². The Balaban J connectivity index is 2.02. The number of carbonyl (C=O) groups is 2. The van der Waals surface area contributed by atoms with E-state index in [1.54, 1.807) is 0 Å². The van der Waals surface area contributed by atoms with E-state index in [1.165, 1.54) is 0 Å². The van der Waals surface area contributed by atoms with Crippen molar-refractivity contribution in [1.82, 2.24) is 10.6 Å². The molecule has 2 aromatic carbocycles. The summed E-state index contributed by atoms with van der Waals surface area (Å²) in [6.45, 7) is 9.62. The number of hydrogen-bond acceptors (Lipinski definition) is 3. The van der Waals surface area contributed by atoms with Crippen LogP contribution in [0.4, 0.5) is 0 Å². The Morgan fingerprint density at radius 2 is 1.61 bits per heavy atom. The minimum atomic E-state index is -0.308. The van der Waals surface area contributed by atoms with Gasteiger partial charge >= 0.3 is 0 Å². The molecule has 5 heteroatoms. The highest BCUT2D eigenvalue weighted by Crippen LogP contribution is 2.19. The van der Waals surface area contributed by atoms with Crippen molar-refractivity contribution < 1.29 is 14.3 Å². The van der Waals surface area contributed by atoms with Crippen molar-refractivity contribution in [3.05, 3.63) is 65.7 Å². The SMILES string of the molecule is CCCC(C)COc1ccc([C@H](CNC(=O)CCC(C)C)NC(=O)Cc2ccccc2)cc1. The van der Waals surface area contributed by atoms with Crippen LogP contribution >= 0.6 is 0 Å². The maximum absolute atomic E-state index is 12.7. The van der Waals surface area contributed by atoms with Gasteiger partial charge in [0.15, 0.2) is 0 Å². The lowest BCUT2D eigenvalue weighted by molar-refractivity contribution is -0.123. The van der Waals surface area contributed by atoms with Crippen molar-refractivity contribution in [3.8, 4) is 5.75 Å². The molecule has 33 heavy (non-hydrogen) atoms. The predicted octanol–water partition coefficient (Wildman–Crippen LogP) is 5.45. The number of carbonyl (C=O) groups excluding carboxylic acids is 2. The van der Waals surface area contributed by atoms with E-state index in [1.807, 2.05) is 54.6 Å². The highest BCUT2D eigenvalue weighted by molar-refractivity contribution is 5.79. The molecule has 0 spiro atoms. The van der Waals surface area contributed by atoms with Crippen LogP contribution < -0.4 is 15.4 Å². The predicted molar refractivity (Wildman–Crippen MR) is 134 cm³/mol. The smallest absolute Gasteiger partial charge is 0.224 e. The van der Waals surface area contributed by atoms with Crippen molar-refractivity contribution in [2.45, 2.75) is 65.8 Å². The minimum Gasteiger partial charge on any atom is -0.493 e. The first kappa shape index (κ1) is 26.4. The fourth-order valence-electron chi connectivity index (χ4n) is 3.61. The lowest BCUT2D eigenvalue weighted by Crippen LogP contribution is -2.38. The van der Waals surface area contributed by atoms with Gasteiger partial charge < -0.3 is 15.4 Å². The van der Waals surface area contributed by atoms with Crippen LogP contribution in [0.3, 0.4) is 0 Å². The van der Waals surface area contributed by atoms with Crippen LogP contribution in [-0.4, -0.2) is 25.0 Å². The van der Waals surface area contributed by atoms with E-state index in [-0.39, 0.29) is 17.9 Å². The number of hydrogen-bond donors (Lipinski definition) is 2. The van der Waals surface area contributed by atoms with E-state index >= 15 is 0 Å². The quantitative estimate of drug-likeness (QED) is 0.400. The van der Waals surface area contributed by atoms with Gasteiger partial charge in [-0.05, 0) is 47.9 Å². The normalized spacial score (nSPS) is 12.8. The van der Waals surface area contributed by atoms with E-state index in [2.05, 4.69) is 38.3 Å². The summed E-state index contributed by atoms with van der Waals surface area (Å²) in [6, 6.07) is 17.2. The molecule has 2 rings (SSSR count). The molecule has 0 aliphatic carbocycles. The molecule has 0 aromatic heterocycles. The molecule has 0 bridgehead atoms. The molecule has 0 radical (unpaired) electrons. The Labute approximate surface area is 199 Å². The second-order valence-electron chi connectivity index (χ2n) is 9.29. The fraction of sp³-hybridized carbons (Fsp3) is 0.500.